The fraction of sp³-hybridized carbons (Fsp3) is 0.286. The van der Waals surface area contributed by atoms with Gasteiger partial charge in [-0.05, 0) is 12.1 Å². The average molecular weight is 309 g/mol. The number of anilines is 1. The van der Waals surface area contributed by atoms with E-state index in [1.54, 1.807) is 36.5 Å². The minimum atomic E-state index is -2.92. The summed E-state index contributed by atoms with van der Waals surface area (Å²) in [5, 5.41) is 0. The minimum absolute atomic E-state index is 0.0435. The normalized spacial score (nSPS) is 12.5. The van der Waals surface area contributed by atoms with Gasteiger partial charge in [0.15, 0.2) is 11.5 Å². The van der Waals surface area contributed by atoms with Crippen LogP contribution in [-0.2, 0) is 6.54 Å². The van der Waals surface area contributed by atoms with Crippen LogP contribution in [0.1, 0.15) is 5.56 Å². The van der Waals surface area contributed by atoms with Crippen LogP contribution in [0.3, 0.4) is 0 Å². The molecular weight excluding hydrogens is 296 g/mol. The van der Waals surface area contributed by atoms with E-state index in [2.05, 4.69) is 14.7 Å². The van der Waals surface area contributed by atoms with E-state index < -0.39 is 6.61 Å². The summed E-state index contributed by atoms with van der Waals surface area (Å²) in [6.45, 7) is -2.58. The molecule has 0 fully saturated rings. The zero-order valence-electron chi connectivity index (χ0n) is 11.7. The lowest BCUT2D eigenvalue weighted by molar-refractivity contribution is -0.0505. The van der Waals surface area contributed by atoms with Gasteiger partial charge in [0.05, 0.1) is 0 Å². The number of nitrogens with zero attached hydrogens (tertiary/aromatic N) is 3. The summed E-state index contributed by atoms with van der Waals surface area (Å²) in [5.41, 5.74) is 0.527. The Morgan fingerprint density at radius 1 is 1.23 bits per heavy atom. The van der Waals surface area contributed by atoms with Gasteiger partial charge in [-0.1, -0.05) is 0 Å². The van der Waals surface area contributed by atoms with Gasteiger partial charge in [-0.2, -0.15) is 8.78 Å². The highest BCUT2D eigenvalue weighted by atomic mass is 19.3. The summed E-state index contributed by atoms with van der Waals surface area (Å²) in [4.78, 5) is 9.93. The first-order valence-electron chi connectivity index (χ1n) is 6.49. The summed E-state index contributed by atoms with van der Waals surface area (Å²) in [6, 6.07) is 4.73. The molecule has 0 bridgehead atoms. The Morgan fingerprint density at radius 2 is 1.91 bits per heavy atom. The first-order valence-corrected chi connectivity index (χ1v) is 6.49. The Morgan fingerprint density at radius 3 is 2.59 bits per heavy atom. The van der Waals surface area contributed by atoms with Crippen molar-refractivity contribution >= 4 is 5.95 Å². The predicted octanol–water partition coefficient (Wildman–Crippen LogP) is 2.44. The molecule has 0 radical (unpaired) electrons. The lowest BCUT2D eigenvalue weighted by Crippen LogP contribution is -2.19. The van der Waals surface area contributed by atoms with E-state index in [0.29, 0.717) is 23.0 Å². The molecule has 2 heterocycles. The van der Waals surface area contributed by atoms with Crippen LogP contribution < -0.4 is 19.1 Å². The first-order chi connectivity index (χ1) is 10.6. The smallest absolute Gasteiger partial charge is 0.387 e. The van der Waals surface area contributed by atoms with Crippen LogP contribution in [-0.4, -0.2) is 30.4 Å². The average Bonchev–Trinajstić information content (AvgIpc) is 2.95. The van der Waals surface area contributed by atoms with Crippen LogP contribution in [0.5, 0.6) is 17.2 Å². The standard InChI is InChI=1S/C14H13F2N3O3/c1-19(14-17-3-2-4-18-14)7-9-5-11-12(21-8-20-11)6-10(9)22-13(15)16/h2-6,13H,7-8H2,1H3. The molecule has 1 aromatic carbocycles. The van der Waals surface area contributed by atoms with Gasteiger partial charge in [0.1, 0.15) is 5.75 Å². The Balaban J connectivity index is 1.88. The third-order valence-electron chi connectivity index (χ3n) is 3.07. The monoisotopic (exact) mass is 309 g/mol. The Kier molecular flexibility index (Phi) is 3.90. The number of halogens is 2. The molecule has 2 aromatic rings. The van der Waals surface area contributed by atoms with Crippen molar-refractivity contribution in [3.8, 4) is 17.2 Å². The van der Waals surface area contributed by atoms with Crippen molar-refractivity contribution in [2.75, 3.05) is 18.7 Å². The van der Waals surface area contributed by atoms with Crippen molar-refractivity contribution < 1.29 is 23.0 Å². The zero-order chi connectivity index (χ0) is 15.5. The van der Waals surface area contributed by atoms with Crippen LogP contribution in [0, 0.1) is 0 Å². The second-order valence-electron chi connectivity index (χ2n) is 4.60. The molecule has 0 amide bonds. The lowest BCUT2D eigenvalue weighted by Gasteiger charge is -2.19. The van der Waals surface area contributed by atoms with Crippen LogP contribution in [0.4, 0.5) is 14.7 Å². The number of aromatic nitrogens is 2. The molecule has 22 heavy (non-hydrogen) atoms. The molecule has 3 rings (SSSR count). The van der Waals surface area contributed by atoms with Crippen LogP contribution >= 0.6 is 0 Å². The number of alkyl halides is 2. The zero-order valence-corrected chi connectivity index (χ0v) is 11.7. The molecule has 116 valence electrons. The Bertz CT molecular complexity index is 655. The van der Waals surface area contributed by atoms with Gasteiger partial charge in [0.2, 0.25) is 12.7 Å². The molecule has 1 aliphatic rings. The summed E-state index contributed by atoms with van der Waals surface area (Å²) in [6.07, 6.45) is 3.21. The molecule has 0 aliphatic carbocycles. The van der Waals surface area contributed by atoms with Crippen LogP contribution in [0.25, 0.3) is 0 Å². The molecule has 0 spiro atoms. The van der Waals surface area contributed by atoms with Crippen molar-refractivity contribution in [2.45, 2.75) is 13.2 Å². The lowest BCUT2D eigenvalue weighted by atomic mass is 10.1. The maximum atomic E-state index is 12.6. The fourth-order valence-electron chi connectivity index (χ4n) is 2.11. The first kappa shape index (κ1) is 14.3. The van der Waals surface area contributed by atoms with Gasteiger partial charge in [-0.25, -0.2) is 9.97 Å². The van der Waals surface area contributed by atoms with E-state index in [-0.39, 0.29) is 19.1 Å². The highest BCUT2D eigenvalue weighted by Crippen LogP contribution is 2.39. The van der Waals surface area contributed by atoms with E-state index in [4.69, 9.17) is 9.47 Å². The maximum absolute atomic E-state index is 12.6. The molecular formula is C14H13F2N3O3. The molecule has 1 aromatic heterocycles. The molecule has 0 unspecified atom stereocenters. The molecule has 0 atom stereocenters. The van der Waals surface area contributed by atoms with Crippen molar-refractivity contribution in [3.05, 3.63) is 36.2 Å². The highest BCUT2D eigenvalue weighted by Gasteiger charge is 2.21. The highest BCUT2D eigenvalue weighted by molar-refractivity contribution is 5.52. The van der Waals surface area contributed by atoms with Gasteiger partial charge < -0.3 is 19.1 Å². The third-order valence-corrected chi connectivity index (χ3v) is 3.07. The molecule has 1 aliphatic heterocycles. The molecule has 6 nitrogen and oxygen atoms in total. The summed E-state index contributed by atoms with van der Waals surface area (Å²) in [5.74, 6) is 1.40. The fourth-order valence-corrected chi connectivity index (χ4v) is 2.11. The predicted molar refractivity (Wildman–Crippen MR) is 73.3 cm³/mol. The SMILES string of the molecule is CN(Cc1cc2c(cc1OC(F)F)OCO2)c1ncccn1. The quantitative estimate of drug-likeness (QED) is 0.845. The number of hydrogen-bond acceptors (Lipinski definition) is 6. The topological polar surface area (TPSA) is 56.7 Å². The van der Waals surface area contributed by atoms with E-state index in [1.165, 1.54) is 6.07 Å². The molecule has 0 saturated carbocycles. The third kappa shape index (κ3) is 3.00. The van der Waals surface area contributed by atoms with Gasteiger partial charge >= 0.3 is 6.61 Å². The van der Waals surface area contributed by atoms with E-state index in [0.717, 1.165) is 0 Å². The van der Waals surface area contributed by atoms with Gasteiger partial charge in [0, 0.05) is 37.6 Å². The van der Waals surface area contributed by atoms with E-state index in [1.807, 2.05) is 0 Å². The summed E-state index contributed by atoms with van der Waals surface area (Å²) >= 11 is 0. The van der Waals surface area contributed by atoms with Crippen molar-refractivity contribution in [1.82, 2.24) is 9.97 Å². The number of rotatable bonds is 5. The second-order valence-corrected chi connectivity index (χ2v) is 4.60. The van der Waals surface area contributed by atoms with Gasteiger partial charge in [0.25, 0.3) is 0 Å². The second kappa shape index (κ2) is 6.00. The molecule has 0 saturated heterocycles. The van der Waals surface area contributed by atoms with Crippen molar-refractivity contribution in [2.24, 2.45) is 0 Å². The summed E-state index contributed by atoms with van der Waals surface area (Å²) < 4.78 is 40.2. The minimum Gasteiger partial charge on any atom is -0.454 e. The van der Waals surface area contributed by atoms with Crippen LogP contribution in [0.15, 0.2) is 30.6 Å². The maximum Gasteiger partial charge on any atom is 0.387 e. The van der Waals surface area contributed by atoms with Crippen molar-refractivity contribution in [3.63, 3.8) is 0 Å². The van der Waals surface area contributed by atoms with Crippen LogP contribution in [0.2, 0.25) is 0 Å². The van der Waals surface area contributed by atoms with E-state index in [9.17, 15) is 8.78 Å². The number of fused-ring (bicyclic) bond motifs is 1. The van der Waals surface area contributed by atoms with Crippen molar-refractivity contribution in [1.29, 1.82) is 0 Å². The molecule has 0 N–H and O–H groups in total. The number of ether oxygens (including phenoxy) is 3. The van der Waals surface area contributed by atoms with Gasteiger partial charge in [-0.15, -0.1) is 0 Å². The Labute approximate surface area is 125 Å². The van der Waals surface area contributed by atoms with Gasteiger partial charge in [-0.3, -0.25) is 0 Å². The van der Waals surface area contributed by atoms with E-state index >= 15 is 0 Å². The number of hydrogen-bond donors (Lipinski definition) is 0. The summed E-state index contributed by atoms with van der Waals surface area (Å²) in [7, 11) is 1.76. The number of benzene rings is 1. The largest absolute Gasteiger partial charge is 0.454 e. The Hall–Kier alpha value is -2.64. The molecule has 8 heteroatoms.